The van der Waals surface area contributed by atoms with Crippen LogP contribution in [-0.4, -0.2) is 40.9 Å². The van der Waals surface area contributed by atoms with Crippen molar-refractivity contribution in [3.8, 4) is 11.8 Å². The molecule has 21 heavy (non-hydrogen) atoms. The lowest BCUT2D eigenvalue weighted by molar-refractivity contribution is 0.123. The van der Waals surface area contributed by atoms with Crippen molar-refractivity contribution in [3.05, 3.63) is 35.1 Å². The number of fused-ring (bicyclic) bond motifs is 1. The number of benzene rings is 1. The molecule has 3 atom stereocenters. The summed E-state index contributed by atoms with van der Waals surface area (Å²) in [6.45, 7) is 2.17. The fraction of sp³-hybridized carbons (Fsp3) is 0.529. The van der Waals surface area contributed by atoms with Crippen molar-refractivity contribution in [1.29, 1.82) is 0 Å². The van der Waals surface area contributed by atoms with Crippen molar-refractivity contribution in [1.82, 2.24) is 4.90 Å². The molecule has 2 aliphatic rings. The second-order valence-electron chi connectivity index (χ2n) is 6.03. The Bertz CT molecular complexity index is 578. The average molecular weight is 289 g/mol. The Morgan fingerprint density at radius 3 is 2.86 bits per heavy atom. The van der Waals surface area contributed by atoms with E-state index < -0.39 is 0 Å². The summed E-state index contributed by atoms with van der Waals surface area (Å²) in [5.41, 5.74) is 1.25. The molecule has 1 heterocycles. The summed E-state index contributed by atoms with van der Waals surface area (Å²) >= 11 is 0. The first-order chi connectivity index (χ1) is 10.2. The molecule has 0 bridgehead atoms. The topological polar surface area (TPSA) is 43.7 Å². The third-order valence-electron chi connectivity index (χ3n) is 4.65. The molecule has 0 radical (unpaired) electrons. The zero-order chi connectivity index (χ0) is 14.8. The van der Waals surface area contributed by atoms with E-state index in [4.69, 9.17) is 5.11 Å². The standard InChI is InChI=1S/C17H20FNO2/c18-16-8-12(2-1-7-20)3-4-14(16)10-19-9-13-5-6-17(21)15(13)11-19/h3-4,8,13,15,17,20-21H,5-7,9-11H2. The van der Waals surface area contributed by atoms with Crippen LogP contribution in [0.15, 0.2) is 18.2 Å². The van der Waals surface area contributed by atoms with Crippen LogP contribution in [-0.2, 0) is 6.54 Å². The predicted octanol–water partition coefficient (Wildman–Crippen LogP) is 1.37. The van der Waals surface area contributed by atoms with Gasteiger partial charge in [-0.15, -0.1) is 0 Å². The van der Waals surface area contributed by atoms with Crippen LogP contribution < -0.4 is 0 Å². The number of halogens is 1. The first-order valence-corrected chi connectivity index (χ1v) is 7.46. The molecule has 1 aromatic carbocycles. The fourth-order valence-electron chi connectivity index (χ4n) is 3.59. The van der Waals surface area contributed by atoms with Gasteiger partial charge in [0, 0.05) is 36.7 Å². The van der Waals surface area contributed by atoms with Crippen molar-refractivity contribution >= 4 is 0 Å². The maximum absolute atomic E-state index is 14.1. The van der Waals surface area contributed by atoms with E-state index in [9.17, 15) is 9.50 Å². The van der Waals surface area contributed by atoms with Crippen LogP contribution in [0, 0.1) is 29.5 Å². The monoisotopic (exact) mass is 289 g/mol. The van der Waals surface area contributed by atoms with Gasteiger partial charge >= 0.3 is 0 Å². The number of aliphatic hydroxyl groups excluding tert-OH is 2. The van der Waals surface area contributed by atoms with Crippen LogP contribution >= 0.6 is 0 Å². The van der Waals surface area contributed by atoms with E-state index in [1.807, 2.05) is 0 Å². The minimum atomic E-state index is -0.252. The largest absolute Gasteiger partial charge is 0.393 e. The van der Waals surface area contributed by atoms with Gasteiger partial charge < -0.3 is 10.2 Å². The van der Waals surface area contributed by atoms with Crippen LogP contribution in [0.5, 0.6) is 0 Å². The average Bonchev–Trinajstić information content (AvgIpc) is 3.01. The van der Waals surface area contributed by atoms with E-state index >= 15 is 0 Å². The Labute approximate surface area is 124 Å². The first-order valence-electron chi connectivity index (χ1n) is 7.46. The van der Waals surface area contributed by atoms with Gasteiger partial charge in [0.2, 0.25) is 0 Å². The molecular weight excluding hydrogens is 269 g/mol. The molecule has 2 fully saturated rings. The molecule has 1 saturated carbocycles. The lowest BCUT2D eigenvalue weighted by Gasteiger charge is -2.18. The van der Waals surface area contributed by atoms with Gasteiger partial charge in [-0.3, -0.25) is 4.90 Å². The van der Waals surface area contributed by atoms with E-state index in [0.29, 0.717) is 29.5 Å². The summed E-state index contributed by atoms with van der Waals surface area (Å²) in [6, 6.07) is 4.97. The highest BCUT2D eigenvalue weighted by atomic mass is 19.1. The lowest BCUT2D eigenvalue weighted by Crippen LogP contribution is -2.24. The zero-order valence-electron chi connectivity index (χ0n) is 11.9. The highest BCUT2D eigenvalue weighted by Gasteiger charge is 2.41. The third kappa shape index (κ3) is 3.11. The van der Waals surface area contributed by atoms with Crippen molar-refractivity contribution in [3.63, 3.8) is 0 Å². The molecule has 1 saturated heterocycles. The van der Waals surface area contributed by atoms with Gasteiger partial charge in [0.1, 0.15) is 12.4 Å². The molecule has 0 aromatic heterocycles. The smallest absolute Gasteiger partial charge is 0.128 e. The molecule has 3 rings (SSSR count). The Kier molecular flexibility index (Phi) is 4.25. The maximum atomic E-state index is 14.1. The maximum Gasteiger partial charge on any atom is 0.128 e. The van der Waals surface area contributed by atoms with Crippen molar-refractivity contribution in [2.24, 2.45) is 11.8 Å². The highest BCUT2D eigenvalue weighted by molar-refractivity contribution is 5.37. The van der Waals surface area contributed by atoms with Gasteiger partial charge in [-0.25, -0.2) is 4.39 Å². The minimum Gasteiger partial charge on any atom is -0.393 e. The second-order valence-corrected chi connectivity index (χ2v) is 6.03. The Morgan fingerprint density at radius 1 is 1.29 bits per heavy atom. The molecule has 112 valence electrons. The summed E-state index contributed by atoms with van der Waals surface area (Å²) < 4.78 is 14.1. The molecule has 0 amide bonds. The molecule has 1 aliphatic carbocycles. The highest BCUT2D eigenvalue weighted by Crippen LogP contribution is 2.38. The fourth-order valence-corrected chi connectivity index (χ4v) is 3.59. The quantitative estimate of drug-likeness (QED) is 0.808. The molecular formula is C17H20FNO2. The third-order valence-corrected chi connectivity index (χ3v) is 4.65. The summed E-state index contributed by atoms with van der Waals surface area (Å²) in [5, 5.41) is 18.6. The van der Waals surface area contributed by atoms with Crippen molar-refractivity contribution in [2.45, 2.75) is 25.5 Å². The zero-order valence-corrected chi connectivity index (χ0v) is 11.9. The van der Waals surface area contributed by atoms with E-state index in [1.54, 1.807) is 12.1 Å². The van der Waals surface area contributed by atoms with Crippen LogP contribution in [0.1, 0.15) is 24.0 Å². The van der Waals surface area contributed by atoms with Crippen LogP contribution in [0.3, 0.4) is 0 Å². The summed E-state index contributed by atoms with van der Waals surface area (Å²) in [4.78, 5) is 2.23. The number of aliphatic hydroxyl groups is 2. The molecule has 3 unspecified atom stereocenters. The predicted molar refractivity (Wildman–Crippen MR) is 77.9 cm³/mol. The molecule has 4 heteroatoms. The number of hydrogen-bond donors (Lipinski definition) is 2. The number of likely N-dealkylation sites (tertiary alicyclic amines) is 1. The van der Waals surface area contributed by atoms with E-state index in [-0.39, 0.29) is 18.5 Å². The van der Waals surface area contributed by atoms with E-state index in [0.717, 1.165) is 25.9 Å². The van der Waals surface area contributed by atoms with Gasteiger partial charge in [-0.05, 0) is 30.9 Å². The van der Waals surface area contributed by atoms with Gasteiger partial charge in [-0.2, -0.15) is 0 Å². The summed E-state index contributed by atoms with van der Waals surface area (Å²) in [5.74, 6) is 5.90. The summed E-state index contributed by atoms with van der Waals surface area (Å²) in [6.07, 6.45) is 1.82. The molecule has 3 nitrogen and oxygen atoms in total. The molecule has 0 spiro atoms. The van der Waals surface area contributed by atoms with Gasteiger partial charge in [0.05, 0.1) is 6.10 Å². The Balaban J connectivity index is 1.66. The Hall–Kier alpha value is -1.41. The second kappa shape index (κ2) is 6.15. The van der Waals surface area contributed by atoms with Gasteiger partial charge in [-0.1, -0.05) is 17.9 Å². The van der Waals surface area contributed by atoms with Gasteiger partial charge in [0.25, 0.3) is 0 Å². The van der Waals surface area contributed by atoms with E-state index in [2.05, 4.69) is 16.7 Å². The number of hydrogen-bond acceptors (Lipinski definition) is 3. The van der Waals surface area contributed by atoms with Crippen LogP contribution in [0.2, 0.25) is 0 Å². The lowest BCUT2D eigenvalue weighted by atomic mass is 10.00. The van der Waals surface area contributed by atoms with E-state index in [1.165, 1.54) is 6.07 Å². The Morgan fingerprint density at radius 2 is 2.14 bits per heavy atom. The number of nitrogens with zero attached hydrogens (tertiary/aromatic N) is 1. The summed E-state index contributed by atoms with van der Waals surface area (Å²) in [7, 11) is 0. The molecule has 1 aromatic rings. The van der Waals surface area contributed by atoms with Crippen LogP contribution in [0.25, 0.3) is 0 Å². The minimum absolute atomic E-state index is 0.180. The van der Waals surface area contributed by atoms with Crippen molar-refractivity contribution in [2.75, 3.05) is 19.7 Å². The van der Waals surface area contributed by atoms with Crippen molar-refractivity contribution < 1.29 is 14.6 Å². The van der Waals surface area contributed by atoms with Crippen LogP contribution in [0.4, 0.5) is 4.39 Å². The first kappa shape index (κ1) is 14.5. The SMILES string of the molecule is OCC#Cc1ccc(CN2CC3CCC(O)C3C2)c(F)c1. The van der Waals surface area contributed by atoms with Gasteiger partial charge in [0.15, 0.2) is 0 Å². The number of rotatable bonds is 2. The molecule has 1 aliphatic heterocycles. The molecule has 2 N–H and O–H groups in total. The normalized spacial score (nSPS) is 28.2.